The minimum absolute atomic E-state index is 0.175. The van der Waals surface area contributed by atoms with Gasteiger partial charge in [-0.05, 0) is 35.4 Å². The van der Waals surface area contributed by atoms with Crippen LogP contribution in [-0.2, 0) is 19.7 Å². The lowest BCUT2D eigenvalue weighted by molar-refractivity contribution is 0.102. The SMILES string of the molecule is O=C(Nc1ccc2c(c1)CNC2)c1ccnc(CO)c1. The van der Waals surface area contributed by atoms with Crippen molar-refractivity contribution in [2.75, 3.05) is 5.32 Å². The number of carbonyl (C=O) groups is 1. The van der Waals surface area contributed by atoms with Gasteiger partial charge in [-0.1, -0.05) is 6.07 Å². The Morgan fingerprint density at radius 3 is 2.95 bits per heavy atom. The van der Waals surface area contributed by atoms with E-state index in [4.69, 9.17) is 5.11 Å². The fourth-order valence-corrected chi connectivity index (χ4v) is 2.28. The van der Waals surface area contributed by atoms with E-state index in [9.17, 15) is 4.79 Å². The first kappa shape index (κ1) is 12.8. The van der Waals surface area contributed by atoms with Gasteiger partial charge in [0.25, 0.3) is 5.91 Å². The lowest BCUT2D eigenvalue weighted by Gasteiger charge is -2.07. The molecule has 2 aromatic rings. The first-order valence-electron chi connectivity index (χ1n) is 6.46. The molecule has 0 saturated heterocycles. The predicted octanol–water partition coefficient (Wildman–Crippen LogP) is 1.43. The lowest BCUT2D eigenvalue weighted by atomic mass is 10.1. The lowest BCUT2D eigenvalue weighted by Crippen LogP contribution is -2.12. The molecule has 3 N–H and O–H groups in total. The number of anilines is 1. The zero-order valence-electron chi connectivity index (χ0n) is 10.9. The summed E-state index contributed by atoms with van der Waals surface area (Å²) in [6.45, 7) is 1.54. The molecule has 102 valence electrons. The molecule has 0 atom stereocenters. The third-order valence-corrected chi connectivity index (χ3v) is 3.34. The summed E-state index contributed by atoms with van der Waals surface area (Å²) in [7, 11) is 0. The Labute approximate surface area is 116 Å². The maximum Gasteiger partial charge on any atom is 0.255 e. The Kier molecular flexibility index (Phi) is 3.45. The van der Waals surface area contributed by atoms with Gasteiger partial charge in [-0.25, -0.2) is 0 Å². The Bertz CT molecular complexity index is 655. The standard InChI is InChI=1S/C15H15N3O2/c19-9-14-5-10(3-4-17-14)15(20)18-13-2-1-11-7-16-8-12(11)6-13/h1-6,16,19H,7-9H2,(H,18,20). The minimum atomic E-state index is -0.201. The average molecular weight is 269 g/mol. The Morgan fingerprint density at radius 1 is 1.25 bits per heavy atom. The van der Waals surface area contributed by atoms with E-state index in [1.165, 1.54) is 17.3 Å². The van der Waals surface area contributed by atoms with Crippen LogP contribution in [0.1, 0.15) is 27.2 Å². The van der Waals surface area contributed by atoms with Gasteiger partial charge in [-0.15, -0.1) is 0 Å². The van der Waals surface area contributed by atoms with Crippen LogP contribution in [0, 0.1) is 0 Å². The molecule has 1 aliphatic rings. The van der Waals surface area contributed by atoms with E-state index in [1.807, 2.05) is 18.2 Å². The average Bonchev–Trinajstić information content (AvgIpc) is 2.95. The third kappa shape index (κ3) is 2.54. The van der Waals surface area contributed by atoms with Crippen LogP contribution in [0.3, 0.4) is 0 Å². The second kappa shape index (κ2) is 5.40. The molecular formula is C15H15N3O2. The van der Waals surface area contributed by atoms with Crippen LogP contribution >= 0.6 is 0 Å². The van der Waals surface area contributed by atoms with E-state index in [0.29, 0.717) is 11.3 Å². The van der Waals surface area contributed by atoms with E-state index in [0.717, 1.165) is 18.8 Å². The summed E-state index contributed by atoms with van der Waals surface area (Å²) in [6.07, 6.45) is 1.52. The van der Waals surface area contributed by atoms with Crippen LogP contribution in [-0.4, -0.2) is 16.0 Å². The number of hydrogen-bond donors (Lipinski definition) is 3. The number of benzene rings is 1. The molecule has 0 spiro atoms. The van der Waals surface area contributed by atoms with Crippen molar-refractivity contribution in [3.8, 4) is 0 Å². The molecule has 5 nitrogen and oxygen atoms in total. The summed E-state index contributed by atoms with van der Waals surface area (Å²) < 4.78 is 0. The van der Waals surface area contributed by atoms with Crippen molar-refractivity contribution in [1.82, 2.24) is 10.3 Å². The van der Waals surface area contributed by atoms with Crippen LogP contribution in [0.2, 0.25) is 0 Å². The van der Waals surface area contributed by atoms with Crippen LogP contribution < -0.4 is 10.6 Å². The maximum absolute atomic E-state index is 12.1. The number of aliphatic hydroxyl groups excluding tert-OH is 1. The highest BCUT2D eigenvalue weighted by atomic mass is 16.3. The molecule has 2 heterocycles. The summed E-state index contributed by atoms with van der Waals surface area (Å²) in [4.78, 5) is 16.1. The first-order valence-corrected chi connectivity index (χ1v) is 6.46. The molecule has 0 unspecified atom stereocenters. The van der Waals surface area contributed by atoms with Crippen LogP contribution in [0.15, 0.2) is 36.5 Å². The molecule has 20 heavy (non-hydrogen) atoms. The first-order chi connectivity index (χ1) is 9.76. The zero-order valence-corrected chi connectivity index (χ0v) is 10.9. The van der Waals surface area contributed by atoms with Crippen molar-refractivity contribution in [2.24, 2.45) is 0 Å². The summed E-state index contributed by atoms with van der Waals surface area (Å²) in [6, 6.07) is 9.13. The van der Waals surface area contributed by atoms with Gasteiger partial charge in [0.05, 0.1) is 12.3 Å². The van der Waals surface area contributed by atoms with Crippen molar-refractivity contribution in [3.05, 3.63) is 58.9 Å². The molecule has 0 fully saturated rings. The number of aromatic nitrogens is 1. The van der Waals surface area contributed by atoms with Crippen molar-refractivity contribution in [2.45, 2.75) is 19.7 Å². The zero-order chi connectivity index (χ0) is 13.9. The normalized spacial score (nSPS) is 13.1. The van der Waals surface area contributed by atoms with Gasteiger partial charge in [0.2, 0.25) is 0 Å². The molecule has 1 aliphatic heterocycles. The second-order valence-electron chi connectivity index (χ2n) is 4.74. The molecule has 1 aromatic carbocycles. The summed E-state index contributed by atoms with van der Waals surface area (Å²) in [5, 5.41) is 15.2. The summed E-state index contributed by atoms with van der Waals surface area (Å²) >= 11 is 0. The quantitative estimate of drug-likeness (QED) is 0.788. The monoisotopic (exact) mass is 269 g/mol. The van der Waals surface area contributed by atoms with E-state index in [2.05, 4.69) is 15.6 Å². The van der Waals surface area contributed by atoms with Gasteiger partial charge in [0.15, 0.2) is 0 Å². The van der Waals surface area contributed by atoms with Crippen molar-refractivity contribution in [3.63, 3.8) is 0 Å². The highest BCUT2D eigenvalue weighted by molar-refractivity contribution is 6.04. The van der Waals surface area contributed by atoms with Gasteiger partial charge >= 0.3 is 0 Å². The summed E-state index contributed by atoms with van der Waals surface area (Å²) in [5.74, 6) is -0.201. The van der Waals surface area contributed by atoms with Gasteiger partial charge in [0.1, 0.15) is 0 Å². The third-order valence-electron chi connectivity index (χ3n) is 3.34. The Hall–Kier alpha value is -2.24. The predicted molar refractivity (Wildman–Crippen MR) is 75.1 cm³/mol. The molecule has 1 aromatic heterocycles. The largest absolute Gasteiger partial charge is 0.390 e. The van der Waals surface area contributed by atoms with Gasteiger partial charge in [0, 0.05) is 30.5 Å². The highest BCUT2D eigenvalue weighted by Gasteiger charge is 2.12. The van der Waals surface area contributed by atoms with Crippen LogP contribution in [0.4, 0.5) is 5.69 Å². The molecule has 3 rings (SSSR count). The smallest absolute Gasteiger partial charge is 0.255 e. The highest BCUT2D eigenvalue weighted by Crippen LogP contribution is 2.20. The Morgan fingerprint density at radius 2 is 2.10 bits per heavy atom. The van der Waals surface area contributed by atoms with Crippen LogP contribution in [0.5, 0.6) is 0 Å². The molecule has 5 heteroatoms. The number of fused-ring (bicyclic) bond motifs is 1. The Balaban J connectivity index is 1.78. The number of amides is 1. The number of nitrogens with zero attached hydrogens (tertiary/aromatic N) is 1. The number of pyridine rings is 1. The fraction of sp³-hybridized carbons (Fsp3) is 0.200. The molecule has 0 saturated carbocycles. The molecule has 0 radical (unpaired) electrons. The summed E-state index contributed by atoms with van der Waals surface area (Å²) in [5.41, 5.74) is 4.24. The topological polar surface area (TPSA) is 74.2 Å². The minimum Gasteiger partial charge on any atom is -0.390 e. The number of nitrogens with one attached hydrogen (secondary N) is 2. The number of hydrogen-bond acceptors (Lipinski definition) is 4. The van der Waals surface area contributed by atoms with E-state index in [-0.39, 0.29) is 12.5 Å². The van der Waals surface area contributed by atoms with E-state index < -0.39 is 0 Å². The second-order valence-corrected chi connectivity index (χ2v) is 4.74. The van der Waals surface area contributed by atoms with Crippen molar-refractivity contribution < 1.29 is 9.90 Å². The number of aliphatic hydroxyl groups is 1. The van der Waals surface area contributed by atoms with Gasteiger partial charge in [-0.2, -0.15) is 0 Å². The molecule has 1 amide bonds. The van der Waals surface area contributed by atoms with Crippen molar-refractivity contribution >= 4 is 11.6 Å². The van der Waals surface area contributed by atoms with E-state index in [1.54, 1.807) is 12.1 Å². The number of carbonyl (C=O) groups excluding carboxylic acids is 1. The molecular weight excluding hydrogens is 254 g/mol. The molecule has 0 bridgehead atoms. The van der Waals surface area contributed by atoms with Crippen molar-refractivity contribution in [1.29, 1.82) is 0 Å². The maximum atomic E-state index is 12.1. The molecule has 0 aliphatic carbocycles. The van der Waals surface area contributed by atoms with E-state index >= 15 is 0 Å². The number of rotatable bonds is 3. The fourth-order valence-electron chi connectivity index (χ4n) is 2.28. The van der Waals surface area contributed by atoms with Gasteiger partial charge < -0.3 is 15.7 Å². The van der Waals surface area contributed by atoms with Gasteiger partial charge in [-0.3, -0.25) is 9.78 Å². The van der Waals surface area contributed by atoms with Crippen LogP contribution in [0.25, 0.3) is 0 Å².